The van der Waals surface area contributed by atoms with Crippen molar-refractivity contribution in [3.63, 3.8) is 0 Å². The molecule has 0 aliphatic heterocycles. The highest BCUT2D eigenvalue weighted by molar-refractivity contribution is 7.32. The van der Waals surface area contributed by atoms with E-state index in [9.17, 15) is 4.79 Å². The molecule has 0 aromatic heterocycles. The number of hydrogen-bond acceptors (Lipinski definition) is 2. The lowest BCUT2D eigenvalue weighted by Gasteiger charge is -2.10. The normalized spacial score (nSPS) is 13.4. The highest BCUT2D eigenvalue weighted by Gasteiger charge is 2.11. The predicted molar refractivity (Wildman–Crippen MR) is 63.3 cm³/mol. The van der Waals surface area contributed by atoms with Crippen molar-refractivity contribution < 1.29 is 9.69 Å². The predicted octanol–water partition coefficient (Wildman–Crippen LogP) is 2.67. The lowest BCUT2D eigenvalue weighted by atomic mass is 10.0. The average Bonchev–Trinajstić information content (AvgIpc) is 2.31. The van der Waals surface area contributed by atoms with E-state index in [-0.39, 0.29) is 8.81 Å². The summed E-state index contributed by atoms with van der Waals surface area (Å²) in [4.78, 5) is 20.0. The van der Waals surface area contributed by atoms with Gasteiger partial charge >= 0.3 is 0 Å². The molecule has 2 nitrogen and oxygen atoms in total. The molecule has 0 aliphatic carbocycles. The number of carbonyl (C=O) groups excluding carboxylic acids is 1. The number of fused-ring (bicyclic) bond motifs is 1. The molecule has 0 bridgehead atoms. The fourth-order valence-electron chi connectivity index (χ4n) is 1.69. The van der Waals surface area contributed by atoms with Gasteiger partial charge in [-0.25, -0.2) is 0 Å². The molecule has 1 N–H and O–H groups in total. The highest BCUT2D eigenvalue weighted by Crippen LogP contribution is 2.33. The molecule has 0 spiro atoms. The monoisotopic (exact) mass is 218 g/mol. The van der Waals surface area contributed by atoms with Gasteiger partial charge < -0.3 is 9.69 Å². The zero-order chi connectivity index (χ0) is 10.7. The Morgan fingerprint density at radius 2 is 1.87 bits per heavy atom. The van der Waals surface area contributed by atoms with Crippen molar-refractivity contribution in [1.29, 1.82) is 0 Å². The Balaban J connectivity index is 2.64. The molecule has 2 aromatic carbocycles. The fourth-order valence-corrected chi connectivity index (χ4v) is 2.15. The fraction of sp³-hybridized carbons (Fsp3) is 0.0833. The Bertz CT molecular complexity index is 477. The molecule has 0 radical (unpaired) electrons. The van der Waals surface area contributed by atoms with Crippen LogP contribution in [0.25, 0.3) is 10.8 Å². The molecule has 2 rings (SSSR count). The van der Waals surface area contributed by atoms with Crippen LogP contribution in [0.2, 0.25) is 0 Å². The molecule has 0 saturated heterocycles. The number of aldehydes is 1. The van der Waals surface area contributed by atoms with Gasteiger partial charge in [0.15, 0.2) is 0 Å². The van der Waals surface area contributed by atoms with Gasteiger partial charge in [-0.3, -0.25) is 0 Å². The van der Waals surface area contributed by atoms with E-state index in [1.807, 2.05) is 42.5 Å². The van der Waals surface area contributed by atoms with Gasteiger partial charge in [-0.15, -0.1) is 0 Å². The standard InChI is InChI=1S/C12H11O2P/c13-8-12(15-14)11-7-3-5-9-4-1-2-6-10(9)11/h1-8,12,14-15H. The molecule has 76 valence electrons. The molecule has 2 atom stereocenters. The maximum atomic E-state index is 10.8. The Morgan fingerprint density at radius 1 is 1.13 bits per heavy atom. The van der Waals surface area contributed by atoms with Gasteiger partial charge in [0, 0.05) is 8.81 Å². The first-order valence-electron chi connectivity index (χ1n) is 4.69. The minimum absolute atomic E-state index is 0.378. The summed E-state index contributed by atoms with van der Waals surface area (Å²) in [5, 5.41) is 2.14. The Labute approximate surface area is 89.8 Å². The van der Waals surface area contributed by atoms with Crippen LogP contribution in [0.5, 0.6) is 0 Å². The number of rotatable bonds is 3. The summed E-state index contributed by atoms with van der Waals surface area (Å²) in [6.07, 6.45) is 0.806. The minimum atomic E-state index is -0.393. The molecule has 2 aromatic rings. The Morgan fingerprint density at radius 3 is 2.60 bits per heavy atom. The van der Waals surface area contributed by atoms with Gasteiger partial charge in [-0.05, 0) is 16.3 Å². The molecule has 15 heavy (non-hydrogen) atoms. The quantitative estimate of drug-likeness (QED) is 0.635. The van der Waals surface area contributed by atoms with E-state index in [0.717, 1.165) is 22.6 Å². The number of carbonyl (C=O) groups is 1. The largest absolute Gasteiger partial charge is 0.376 e. The van der Waals surface area contributed by atoms with E-state index in [1.54, 1.807) is 0 Å². The van der Waals surface area contributed by atoms with E-state index in [0.29, 0.717) is 0 Å². The van der Waals surface area contributed by atoms with Crippen molar-refractivity contribution in [3.05, 3.63) is 48.0 Å². The summed E-state index contributed by atoms with van der Waals surface area (Å²) in [6, 6.07) is 13.7. The molecule has 0 fully saturated rings. The van der Waals surface area contributed by atoms with Crippen molar-refractivity contribution in [3.8, 4) is 0 Å². The van der Waals surface area contributed by atoms with Gasteiger partial charge in [0.1, 0.15) is 6.29 Å². The molecule has 3 heteroatoms. The maximum absolute atomic E-state index is 10.8. The minimum Gasteiger partial charge on any atom is -0.376 e. The van der Waals surface area contributed by atoms with Crippen LogP contribution in [0.4, 0.5) is 0 Å². The second-order valence-electron chi connectivity index (χ2n) is 3.31. The summed E-state index contributed by atoms with van der Waals surface area (Å²) < 4.78 is 0. The second-order valence-corrected chi connectivity index (χ2v) is 4.19. The van der Waals surface area contributed by atoms with Crippen molar-refractivity contribution in [2.24, 2.45) is 0 Å². The Hall–Kier alpha value is -1.24. The summed E-state index contributed by atoms with van der Waals surface area (Å²) in [7, 11) is -0.378. The summed E-state index contributed by atoms with van der Waals surface area (Å²) in [5.74, 6) is 0. The zero-order valence-corrected chi connectivity index (χ0v) is 9.05. The third-order valence-corrected chi connectivity index (χ3v) is 3.16. The van der Waals surface area contributed by atoms with Gasteiger partial charge in [0.2, 0.25) is 0 Å². The van der Waals surface area contributed by atoms with Crippen LogP contribution < -0.4 is 0 Å². The second kappa shape index (κ2) is 4.52. The zero-order valence-electron chi connectivity index (χ0n) is 8.05. The maximum Gasteiger partial charge on any atom is 0.133 e. The van der Waals surface area contributed by atoms with Crippen molar-refractivity contribution in [2.75, 3.05) is 0 Å². The topological polar surface area (TPSA) is 37.3 Å². The molecular weight excluding hydrogens is 207 g/mol. The van der Waals surface area contributed by atoms with Crippen molar-refractivity contribution in [1.82, 2.24) is 0 Å². The smallest absolute Gasteiger partial charge is 0.133 e. The van der Waals surface area contributed by atoms with Crippen LogP contribution in [0.3, 0.4) is 0 Å². The Kier molecular flexibility index (Phi) is 3.10. The van der Waals surface area contributed by atoms with E-state index >= 15 is 0 Å². The molecule has 0 saturated carbocycles. The van der Waals surface area contributed by atoms with Crippen LogP contribution in [0, 0.1) is 0 Å². The van der Waals surface area contributed by atoms with Crippen LogP contribution in [0.15, 0.2) is 42.5 Å². The molecule has 2 unspecified atom stereocenters. The van der Waals surface area contributed by atoms with E-state index < -0.39 is 5.66 Å². The van der Waals surface area contributed by atoms with Crippen LogP contribution in [-0.2, 0) is 4.79 Å². The van der Waals surface area contributed by atoms with Crippen molar-refractivity contribution in [2.45, 2.75) is 5.66 Å². The molecule has 0 aliphatic rings. The third-order valence-electron chi connectivity index (χ3n) is 2.43. The van der Waals surface area contributed by atoms with Gasteiger partial charge in [-0.1, -0.05) is 42.5 Å². The average molecular weight is 218 g/mol. The third kappa shape index (κ3) is 1.92. The molecule has 0 heterocycles. The van der Waals surface area contributed by atoms with Gasteiger partial charge in [0.25, 0.3) is 0 Å². The van der Waals surface area contributed by atoms with Crippen LogP contribution in [0.1, 0.15) is 11.2 Å². The van der Waals surface area contributed by atoms with Gasteiger partial charge in [0.05, 0.1) is 5.66 Å². The summed E-state index contributed by atoms with van der Waals surface area (Å²) in [5.41, 5.74) is 0.514. The van der Waals surface area contributed by atoms with E-state index in [2.05, 4.69) is 0 Å². The summed E-state index contributed by atoms with van der Waals surface area (Å²) >= 11 is 0. The van der Waals surface area contributed by atoms with Crippen molar-refractivity contribution >= 4 is 25.9 Å². The lowest BCUT2D eigenvalue weighted by Crippen LogP contribution is -1.94. The molecule has 0 amide bonds. The van der Waals surface area contributed by atoms with Gasteiger partial charge in [-0.2, -0.15) is 0 Å². The first-order valence-corrected chi connectivity index (χ1v) is 5.72. The van der Waals surface area contributed by atoms with Crippen LogP contribution in [-0.4, -0.2) is 11.2 Å². The summed E-state index contributed by atoms with van der Waals surface area (Å²) in [6.45, 7) is 0. The molecular formula is C12H11O2P. The number of hydrogen-bond donors (Lipinski definition) is 1. The highest BCUT2D eigenvalue weighted by atomic mass is 31.1. The SMILES string of the molecule is O=CC(PO)c1cccc2ccccc12. The first-order chi connectivity index (χ1) is 7.36. The number of benzene rings is 2. The van der Waals surface area contributed by atoms with E-state index in [4.69, 9.17) is 4.89 Å². The van der Waals surface area contributed by atoms with Crippen LogP contribution >= 0.6 is 8.81 Å². The lowest BCUT2D eigenvalue weighted by molar-refractivity contribution is -0.107. The first kappa shape index (κ1) is 10.3. The van der Waals surface area contributed by atoms with E-state index in [1.165, 1.54) is 0 Å².